The Morgan fingerprint density at radius 1 is 0.727 bits per heavy atom. The lowest BCUT2D eigenvalue weighted by Gasteiger charge is -2.25. The second-order valence-electron chi connectivity index (χ2n) is 3.75. The van der Waals surface area contributed by atoms with Gasteiger partial charge in [-0.05, 0) is 37.5 Å². The lowest BCUT2D eigenvalue weighted by atomic mass is 9.83. The second kappa shape index (κ2) is 3.55. The number of hydrogen-bond donors (Lipinski definition) is 0. The van der Waals surface area contributed by atoms with Crippen LogP contribution in [0.1, 0.15) is 25.7 Å². The van der Waals surface area contributed by atoms with Crippen molar-refractivity contribution in [2.75, 3.05) is 20.0 Å². The molecule has 1 saturated carbocycles. The zero-order valence-electron chi connectivity index (χ0n) is 6.92. The number of rotatable bonds is 0. The Kier molecular flexibility index (Phi) is 2.44. The van der Waals surface area contributed by atoms with Crippen LogP contribution in [0.4, 0.5) is 0 Å². The molecule has 2 bridgehead atoms. The molecule has 3 fully saturated rings. The van der Waals surface area contributed by atoms with Crippen molar-refractivity contribution in [1.29, 1.82) is 0 Å². The van der Waals surface area contributed by atoms with Gasteiger partial charge in [0, 0.05) is 0 Å². The van der Waals surface area contributed by atoms with E-state index in [2.05, 4.69) is 0 Å². The molecule has 0 atom stereocenters. The third kappa shape index (κ3) is 1.94. The molecule has 0 aromatic carbocycles. The number of hydrogen-bond acceptors (Lipinski definition) is 2. The Hall–Kier alpha value is -0.0800. The summed E-state index contributed by atoms with van der Waals surface area (Å²) in [6.07, 6.45) is 5.42. The van der Waals surface area contributed by atoms with Crippen LogP contribution in [0.3, 0.4) is 0 Å². The van der Waals surface area contributed by atoms with Gasteiger partial charge < -0.3 is 9.47 Å². The van der Waals surface area contributed by atoms with E-state index in [1.165, 1.54) is 25.7 Å². The fourth-order valence-electron chi connectivity index (χ4n) is 2.05. The fourth-order valence-corrected chi connectivity index (χ4v) is 2.05. The topological polar surface area (TPSA) is 18.5 Å². The molecule has 2 saturated heterocycles. The molecular formula is C9H16O2. The second-order valence-corrected chi connectivity index (χ2v) is 3.75. The molecule has 64 valence electrons. The van der Waals surface area contributed by atoms with Crippen molar-refractivity contribution in [3.05, 3.63) is 0 Å². The van der Waals surface area contributed by atoms with E-state index in [4.69, 9.17) is 9.47 Å². The van der Waals surface area contributed by atoms with Gasteiger partial charge in [-0.25, -0.2) is 0 Å². The third-order valence-electron chi connectivity index (χ3n) is 2.84. The molecule has 0 aromatic heterocycles. The van der Waals surface area contributed by atoms with E-state index in [0.717, 1.165) is 25.0 Å². The van der Waals surface area contributed by atoms with Crippen molar-refractivity contribution in [3.63, 3.8) is 0 Å². The zero-order chi connectivity index (χ0) is 7.52. The smallest absolute Gasteiger partial charge is 0.146 e. The van der Waals surface area contributed by atoms with Gasteiger partial charge in [-0.15, -0.1) is 0 Å². The highest BCUT2D eigenvalue weighted by molar-refractivity contribution is 4.72. The van der Waals surface area contributed by atoms with Gasteiger partial charge in [-0.2, -0.15) is 0 Å². The minimum atomic E-state index is 0.521. The number of ether oxygens (including phenoxy) is 2. The summed E-state index contributed by atoms with van der Waals surface area (Å²) < 4.78 is 10.7. The Balaban J connectivity index is 1.92. The van der Waals surface area contributed by atoms with Crippen LogP contribution in [0.15, 0.2) is 0 Å². The summed E-state index contributed by atoms with van der Waals surface area (Å²) in [6, 6.07) is 0. The first-order valence-corrected chi connectivity index (χ1v) is 4.60. The van der Waals surface area contributed by atoms with Crippen molar-refractivity contribution in [3.8, 4) is 0 Å². The quantitative estimate of drug-likeness (QED) is 0.532. The van der Waals surface area contributed by atoms with E-state index >= 15 is 0 Å². The molecule has 0 N–H and O–H groups in total. The maximum absolute atomic E-state index is 5.36. The van der Waals surface area contributed by atoms with E-state index in [9.17, 15) is 0 Å². The molecule has 0 aromatic rings. The highest BCUT2D eigenvalue weighted by Crippen LogP contribution is 2.29. The SMILES string of the molecule is C1OCC2CCC(CC2)CO1. The Morgan fingerprint density at radius 2 is 1.18 bits per heavy atom. The van der Waals surface area contributed by atoms with E-state index in [-0.39, 0.29) is 0 Å². The summed E-state index contributed by atoms with van der Waals surface area (Å²) in [5, 5.41) is 0. The van der Waals surface area contributed by atoms with Gasteiger partial charge in [0.1, 0.15) is 6.79 Å². The number of fused-ring (bicyclic) bond motifs is 6. The minimum Gasteiger partial charge on any atom is -0.355 e. The standard InChI is InChI=1S/C9H16O2/c1-2-9-4-3-8(1)5-10-7-11-6-9/h8-9H,1-7H2. The average molecular weight is 156 g/mol. The van der Waals surface area contributed by atoms with Crippen LogP contribution >= 0.6 is 0 Å². The summed E-state index contributed by atoms with van der Waals surface area (Å²) in [6.45, 7) is 2.37. The molecule has 0 amide bonds. The molecule has 3 rings (SSSR count). The average Bonchev–Trinajstić information content (AvgIpc) is 2.21. The maximum Gasteiger partial charge on any atom is 0.146 e. The molecule has 2 heteroatoms. The maximum atomic E-state index is 5.36. The summed E-state index contributed by atoms with van der Waals surface area (Å²) in [5.74, 6) is 1.65. The van der Waals surface area contributed by atoms with E-state index in [0.29, 0.717) is 6.79 Å². The Labute approximate surface area is 67.9 Å². The molecular weight excluding hydrogens is 140 g/mol. The normalized spacial score (nSPS) is 39.3. The van der Waals surface area contributed by atoms with Crippen molar-refractivity contribution in [2.45, 2.75) is 25.7 Å². The summed E-state index contributed by atoms with van der Waals surface area (Å²) >= 11 is 0. The van der Waals surface area contributed by atoms with Gasteiger partial charge in [0.05, 0.1) is 13.2 Å². The van der Waals surface area contributed by atoms with Gasteiger partial charge in [0.15, 0.2) is 0 Å². The van der Waals surface area contributed by atoms with Crippen molar-refractivity contribution in [2.24, 2.45) is 11.8 Å². The van der Waals surface area contributed by atoms with Gasteiger partial charge in [0.2, 0.25) is 0 Å². The van der Waals surface area contributed by atoms with Crippen LogP contribution in [0.2, 0.25) is 0 Å². The predicted octanol–water partition coefficient (Wildman–Crippen LogP) is 1.80. The van der Waals surface area contributed by atoms with Crippen LogP contribution in [-0.4, -0.2) is 20.0 Å². The third-order valence-corrected chi connectivity index (χ3v) is 2.84. The molecule has 0 spiro atoms. The summed E-state index contributed by atoms with van der Waals surface area (Å²) in [4.78, 5) is 0. The van der Waals surface area contributed by atoms with Gasteiger partial charge in [-0.3, -0.25) is 0 Å². The van der Waals surface area contributed by atoms with Gasteiger partial charge in [-0.1, -0.05) is 0 Å². The molecule has 0 unspecified atom stereocenters. The first-order chi connectivity index (χ1) is 5.45. The van der Waals surface area contributed by atoms with E-state index < -0.39 is 0 Å². The first kappa shape index (κ1) is 7.56. The lowest BCUT2D eigenvalue weighted by molar-refractivity contribution is -0.0603. The predicted molar refractivity (Wildman–Crippen MR) is 42.2 cm³/mol. The molecule has 11 heavy (non-hydrogen) atoms. The first-order valence-electron chi connectivity index (χ1n) is 4.60. The van der Waals surface area contributed by atoms with Gasteiger partial charge >= 0.3 is 0 Å². The van der Waals surface area contributed by atoms with Crippen molar-refractivity contribution < 1.29 is 9.47 Å². The van der Waals surface area contributed by atoms with Gasteiger partial charge in [0.25, 0.3) is 0 Å². The van der Waals surface area contributed by atoms with Crippen LogP contribution in [0.5, 0.6) is 0 Å². The Bertz CT molecular complexity index is 97.2. The van der Waals surface area contributed by atoms with E-state index in [1.807, 2.05) is 0 Å². The summed E-state index contributed by atoms with van der Waals surface area (Å²) in [5.41, 5.74) is 0. The molecule has 1 aliphatic carbocycles. The fraction of sp³-hybridized carbons (Fsp3) is 1.00. The van der Waals surface area contributed by atoms with Crippen LogP contribution < -0.4 is 0 Å². The molecule has 3 aliphatic rings. The van der Waals surface area contributed by atoms with Crippen molar-refractivity contribution >= 4 is 0 Å². The molecule has 2 aliphatic heterocycles. The Morgan fingerprint density at radius 3 is 1.64 bits per heavy atom. The summed E-state index contributed by atoms with van der Waals surface area (Å²) in [7, 11) is 0. The zero-order valence-corrected chi connectivity index (χ0v) is 6.92. The highest BCUT2D eigenvalue weighted by Gasteiger charge is 2.22. The highest BCUT2D eigenvalue weighted by atomic mass is 16.7. The largest absolute Gasteiger partial charge is 0.355 e. The minimum absolute atomic E-state index is 0.521. The van der Waals surface area contributed by atoms with E-state index in [1.54, 1.807) is 0 Å². The van der Waals surface area contributed by atoms with Crippen LogP contribution in [-0.2, 0) is 9.47 Å². The molecule has 2 nitrogen and oxygen atoms in total. The van der Waals surface area contributed by atoms with Crippen LogP contribution in [0, 0.1) is 11.8 Å². The lowest BCUT2D eigenvalue weighted by Crippen LogP contribution is -2.18. The van der Waals surface area contributed by atoms with Crippen LogP contribution in [0.25, 0.3) is 0 Å². The monoisotopic (exact) mass is 156 g/mol. The molecule has 0 radical (unpaired) electrons. The molecule has 2 heterocycles. The van der Waals surface area contributed by atoms with Crippen molar-refractivity contribution in [1.82, 2.24) is 0 Å².